The molecule has 36 valence electrons. The highest BCUT2D eigenvalue weighted by molar-refractivity contribution is 8.93. The highest BCUT2D eigenvalue weighted by atomic mass is 33.2. The van der Waals surface area contributed by atoms with Crippen LogP contribution in [0.25, 0.3) is 0 Å². The number of rotatable bonds is 1. The van der Waals surface area contributed by atoms with Crippen LogP contribution in [-0.2, 0) is 0 Å². The van der Waals surface area contributed by atoms with Gasteiger partial charge in [0.1, 0.15) is 4.20 Å². The van der Waals surface area contributed by atoms with Gasteiger partial charge in [-0.15, -0.1) is 0 Å². The van der Waals surface area contributed by atoms with Crippen LogP contribution in [0.15, 0.2) is 0 Å². The van der Waals surface area contributed by atoms with Gasteiger partial charge in [-0.05, 0) is 0 Å². The average molecular weight is 122 g/mol. The van der Waals surface area contributed by atoms with E-state index in [-0.39, 0.29) is 4.20 Å². The Labute approximate surface area is 44.4 Å². The standard InChI is InChI=1S/C2H6N2S2/c3-1-2(4)5-6-2/h1,3-4H2. The second-order valence-electron chi connectivity index (χ2n) is 1.18. The number of nitrogens with two attached hydrogens (primary N) is 2. The van der Waals surface area contributed by atoms with E-state index >= 15 is 0 Å². The van der Waals surface area contributed by atoms with Crippen molar-refractivity contribution in [3.8, 4) is 0 Å². The molecule has 0 spiro atoms. The van der Waals surface area contributed by atoms with Crippen LogP contribution in [0.2, 0.25) is 0 Å². The summed E-state index contributed by atoms with van der Waals surface area (Å²) < 4.78 is -0.0972. The molecule has 0 unspecified atom stereocenters. The molecular weight excluding hydrogens is 116 g/mol. The first-order valence-corrected chi connectivity index (χ1v) is 3.78. The molecule has 0 aromatic heterocycles. The summed E-state index contributed by atoms with van der Waals surface area (Å²) in [6.45, 7) is 0.586. The van der Waals surface area contributed by atoms with E-state index in [4.69, 9.17) is 11.5 Å². The molecule has 0 amide bonds. The zero-order valence-electron chi connectivity index (χ0n) is 3.18. The molecule has 4 heteroatoms. The fraction of sp³-hybridized carbons (Fsp3) is 1.00. The summed E-state index contributed by atoms with van der Waals surface area (Å²) in [5.41, 5.74) is 10.6. The third-order valence-electron chi connectivity index (χ3n) is 0.582. The minimum Gasteiger partial charge on any atom is -0.327 e. The van der Waals surface area contributed by atoms with E-state index in [9.17, 15) is 0 Å². The monoisotopic (exact) mass is 122 g/mol. The summed E-state index contributed by atoms with van der Waals surface area (Å²) in [5.74, 6) is 0. The van der Waals surface area contributed by atoms with Gasteiger partial charge in [-0.2, -0.15) is 0 Å². The Balaban J connectivity index is 2.28. The molecule has 1 fully saturated rings. The van der Waals surface area contributed by atoms with Crippen LogP contribution in [0.1, 0.15) is 0 Å². The van der Waals surface area contributed by atoms with Gasteiger partial charge in [0.05, 0.1) is 0 Å². The lowest BCUT2D eigenvalue weighted by Crippen LogP contribution is -2.28. The summed E-state index contributed by atoms with van der Waals surface area (Å²) in [5, 5.41) is 0. The largest absolute Gasteiger partial charge is 0.327 e. The predicted octanol–water partition coefficient (Wildman–Crippen LogP) is -0.0474. The Morgan fingerprint density at radius 3 is 2.00 bits per heavy atom. The van der Waals surface area contributed by atoms with Gasteiger partial charge in [0.25, 0.3) is 0 Å². The Bertz CT molecular complexity index is 60.6. The minimum absolute atomic E-state index is 0.0972. The Kier molecular flexibility index (Phi) is 1.03. The van der Waals surface area contributed by atoms with Gasteiger partial charge in [0, 0.05) is 6.54 Å². The normalized spacial score (nSPS) is 27.0. The summed E-state index contributed by atoms with van der Waals surface area (Å²) in [6.07, 6.45) is 0. The molecule has 1 heterocycles. The van der Waals surface area contributed by atoms with Crippen LogP contribution in [-0.4, -0.2) is 10.7 Å². The fourth-order valence-electron chi connectivity index (χ4n) is 0.122. The third-order valence-corrected chi connectivity index (χ3v) is 3.29. The second-order valence-corrected chi connectivity index (χ2v) is 4.23. The van der Waals surface area contributed by atoms with Crippen LogP contribution < -0.4 is 11.5 Å². The first kappa shape index (κ1) is 4.77. The van der Waals surface area contributed by atoms with Crippen molar-refractivity contribution in [3.05, 3.63) is 0 Å². The van der Waals surface area contributed by atoms with Crippen LogP contribution in [0, 0.1) is 0 Å². The maximum Gasteiger partial charge on any atom is 0.141 e. The molecule has 6 heavy (non-hydrogen) atoms. The molecule has 1 aliphatic rings. The summed E-state index contributed by atoms with van der Waals surface area (Å²) in [6, 6.07) is 0. The molecular formula is C2H6N2S2. The van der Waals surface area contributed by atoms with Crippen molar-refractivity contribution in [1.82, 2.24) is 0 Å². The highest BCUT2D eigenvalue weighted by Gasteiger charge is 2.40. The minimum atomic E-state index is -0.0972. The number of hydrogen-bond acceptors (Lipinski definition) is 4. The summed E-state index contributed by atoms with van der Waals surface area (Å²) in [7, 11) is 3.28. The predicted molar refractivity (Wildman–Crippen MR) is 31.2 cm³/mol. The highest BCUT2D eigenvalue weighted by Crippen LogP contribution is 2.59. The van der Waals surface area contributed by atoms with Crippen LogP contribution >= 0.6 is 21.6 Å². The molecule has 0 saturated carbocycles. The summed E-state index contributed by atoms with van der Waals surface area (Å²) >= 11 is 0. The van der Waals surface area contributed by atoms with Gasteiger partial charge in [0.2, 0.25) is 0 Å². The van der Waals surface area contributed by atoms with Crippen molar-refractivity contribution in [1.29, 1.82) is 0 Å². The Hall–Kier alpha value is 0.620. The molecule has 0 radical (unpaired) electrons. The van der Waals surface area contributed by atoms with Crippen molar-refractivity contribution in [3.63, 3.8) is 0 Å². The topological polar surface area (TPSA) is 52.0 Å². The second kappa shape index (κ2) is 1.30. The molecule has 2 nitrogen and oxygen atoms in total. The van der Waals surface area contributed by atoms with Crippen molar-refractivity contribution in [2.24, 2.45) is 11.5 Å². The first-order chi connectivity index (χ1) is 2.77. The van der Waals surface area contributed by atoms with E-state index < -0.39 is 0 Å². The van der Waals surface area contributed by atoms with Crippen molar-refractivity contribution >= 4 is 21.6 Å². The molecule has 1 aliphatic heterocycles. The van der Waals surface area contributed by atoms with Gasteiger partial charge in [-0.1, -0.05) is 21.6 Å². The van der Waals surface area contributed by atoms with E-state index in [2.05, 4.69) is 0 Å². The van der Waals surface area contributed by atoms with Crippen LogP contribution in [0.4, 0.5) is 0 Å². The summed E-state index contributed by atoms with van der Waals surface area (Å²) in [4.78, 5) is 0. The molecule has 0 aromatic carbocycles. The number of hydrogen-bond donors (Lipinski definition) is 2. The lowest BCUT2D eigenvalue weighted by Gasteiger charge is -1.92. The first-order valence-electron chi connectivity index (χ1n) is 1.63. The van der Waals surface area contributed by atoms with Gasteiger partial charge < -0.3 is 11.5 Å². The van der Waals surface area contributed by atoms with Gasteiger partial charge >= 0.3 is 0 Å². The third kappa shape index (κ3) is 0.815. The average Bonchev–Trinajstić information content (AvgIpc) is 2.22. The molecule has 0 atom stereocenters. The smallest absolute Gasteiger partial charge is 0.141 e. The van der Waals surface area contributed by atoms with Crippen molar-refractivity contribution < 1.29 is 0 Å². The molecule has 4 N–H and O–H groups in total. The fourth-order valence-corrected chi connectivity index (χ4v) is 1.09. The quantitative estimate of drug-likeness (QED) is 0.378. The molecule has 0 aromatic rings. The maximum atomic E-state index is 5.45. The van der Waals surface area contributed by atoms with Crippen LogP contribution in [0.5, 0.6) is 0 Å². The Morgan fingerprint density at radius 2 is 2.00 bits per heavy atom. The van der Waals surface area contributed by atoms with Gasteiger partial charge in [0.15, 0.2) is 0 Å². The van der Waals surface area contributed by atoms with Crippen LogP contribution in [0.3, 0.4) is 0 Å². The maximum absolute atomic E-state index is 5.45. The molecule has 1 rings (SSSR count). The Morgan fingerprint density at radius 1 is 1.50 bits per heavy atom. The zero-order valence-corrected chi connectivity index (χ0v) is 4.81. The van der Waals surface area contributed by atoms with Crippen molar-refractivity contribution in [2.75, 3.05) is 6.54 Å². The SMILES string of the molecule is NCC1(N)SS1. The molecule has 1 saturated heterocycles. The van der Waals surface area contributed by atoms with Gasteiger partial charge in [-0.25, -0.2) is 0 Å². The van der Waals surface area contributed by atoms with Crippen molar-refractivity contribution in [2.45, 2.75) is 4.20 Å². The zero-order chi connectivity index (χ0) is 4.62. The molecule has 0 aliphatic carbocycles. The van der Waals surface area contributed by atoms with E-state index in [0.717, 1.165) is 0 Å². The van der Waals surface area contributed by atoms with E-state index in [1.807, 2.05) is 0 Å². The lowest BCUT2D eigenvalue weighted by atomic mass is 10.7. The van der Waals surface area contributed by atoms with E-state index in [1.54, 1.807) is 21.6 Å². The lowest BCUT2D eigenvalue weighted by molar-refractivity contribution is 0.880. The van der Waals surface area contributed by atoms with E-state index in [1.165, 1.54) is 0 Å². The van der Waals surface area contributed by atoms with E-state index in [0.29, 0.717) is 6.54 Å². The van der Waals surface area contributed by atoms with Gasteiger partial charge in [-0.3, -0.25) is 0 Å². The molecule has 0 bridgehead atoms.